The van der Waals surface area contributed by atoms with Gasteiger partial charge in [-0.25, -0.2) is 9.97 Å². The van der Waals surface area contributed by atoms with E-state index in [0.717, 1.165) is 30.2 Å². The summed E-state index contributed by atoms with van der Waals surface area (Å²) in [5, 5.41) is 0.705. The van der Waals surface area contributed by atoms with E-state index >= 15 is 0 Å². The van der Waals surface area contributed by atoms with Gasteiger partial charge in [-0.05, 0) is 24.1 Å². The molecular weight excluding hydrogens is 424 g/mol. The predicted octanol–water partition coefficient (Wildman–Crippen LogP) is 4.03. The third-order valence-electron chi connectivity index (χ3n) is 5.28. The van der Waals surface area contributed by atoms with E-state index < -0.39 is 0 Å². The van der Waals surface area contributed by atoms with Gasteiger partial charge in [0, 0.05) is 38.4 Å². The van der Waals surface area contributed by atoms with Gasteiger partial charge in [-0.1, -0.05) is 49.0 Å². The van der Waals surface area contributed by atoms with E-state index in [1.165, 1.54) is 17.3 Å². The number of benzene rings is 1. The zero-order valence-electron chi connectivity index (χ0n) is 18.5. The molecule has 0 saturated carbocycles. The molecule has 1 aliphatic heterocycles. The first-order valence-corrected chi connectivity index (χ1v) is 11.8. The number of anilines is 1. The Bertz CT molecular complexity index is 1030. The number of morpholine rings is 1. The molecule has 0 N–H and O–H groups in total. The first-order chi connectivity index (χ1) is 15.6. The number of furan rings is 1. The molecule has 7 nitrogen and oxygen atoms in total. The number of amides is 1. The van der Waals surface area contributed by atoms with Gasteiger partial charge in [0.25, 0.3) is 5.91 Å². The van der Waals surface area contributed by atoms with Gasteiger partial charge < -0.3 is 19.0 Å². The van der Waals surface area contributed by atoms with E-state index in [4.69, 9.17) is 14.1 Å². The van der Waals surface area contributed by atoms with Gasteiger partial charge in [0.15, 0.2) is 10.9 Å². The summed E-state index contributed by atoms with van der Waals surface area (Å²) >= 11 is 1.51. The molecule has 2 aromatic heterocycles. The number of rotatable bonds is 8. The van der Waals surface area contributed by atoms with Gasteiger partial charge >= 0.3 is 0 Å². The molecule has 0 aliphatic carbocycles. The molecule has 0 spiro atoms. The summed E-state index contributed by atoms with van der Waals surface area (Å²) in [5.41, 5.74) is 2.23. The Morgan fingerprint density at radius 1 is 1.12 bits per heavy atom. The van der Waals surface area contributed by atoms with Crippen molar-refractivity contribution in [3.05, 3.63) is 71.3 Å². The summed E-state index contributed by atoms with van der Waals surface area (Å²) in [7, 11) is 2.04. The molecule has 3 heterocycles. The van der Waals surface area contributed by atoms with E-state index in [9.17, 15) is 4.79 Å². The van der Waals surface area contributed by atoms with Gasteiger partial charge in [-0.15, -0.1) is 0 Å². The van der Waals surface area contributed by atoms with Crippen molar-refractivity contribution in [1.29, 1.82) is 0 Å². The minimum atomic E-state index is -0.0846. The molecule has 1 aliphatic rings. The van der Waals surface area contributed by atoms with Crippen molar-refractivity contribution >= 4 is 23.5 Å². The highest BCUT2D eigenvalue weighted by Crippen LogP contribution is 2.25. The number of carbonyl (C=O) groups excluding carboxylic acids is 1. The fraction of sp³-hybridized carbons (Fsp3) is 0.375. The first kappa shape index (κ1) is 22.4. The number of aromatic nitrogens is 2. The standard InChI is InChI=1S/C24H28N4O3S/c1-3-19-15-22(27(2)16-18-7-5-4-6-8-18)26-24(25-19)32-17-20-9-10-21(31-20)23(29)28-11-13-30-14-12-28/h4-10,15H,3,11-14,16-17H2,1-2H3. The number of thioether (sulfide) groups is 1. The third-order valence-corrected chi connectivity index (χ3v) is 6.14. The number of carbonyl (C=O) groups is 1. The Labute approximate surface area is 192 Å². The molecule has 4 rings (SSSR count). The molecule has 0 atom stereocenters. The maximum Gasteiger partial charge on any atom is 0.289 e. The quantitative estimate of drug-likeness (QED) is 0.377. The van der Waals surface area contributed by atoms with Crippen molar-refractivity contribution in [1.82, 2.24) is 14.9 Å². The third kappa shape index (κ3) is 5.69. The van der Waals surface area contributed by atoms with E-state index in [2.05, 4.69) is 28.9 Å². The summed E-state index contributed by atoms with van der Waals surface area (Å²) < 4.78 is 11.1. The topological polar surface area (TPSA) is 71.7 Å². The SMILES string of the molecule is CCc1cc(N(C)Cc2ccccc2)nc(SCc2ccc(C(=O)N3CCOCC3)o2)n1. The maximum atomic E-state index is 12.6. The number of nitrogens with zero attached hydrogens (tertiary/aromatic N) is 4. The number of aryl methyl sites for hydroxylation is 1. The second-order valence-corrected chi connectivity index (χ2v) is 8.60. The van der Waals surface area contributed by atoms with Crippen LogP contribution in [0.5, 0.6) is 0 Å². The van der Waals surface area contributed by atoms with Crippen LogP contribution in [0.1, 0.15) is 34.5 Å². The van der Waals surface area contributed by atoms with Crippen LogP contribution in [0.3, 0.4) is 0 Å². The van der Waals surface area contributed by atoms with Crippen LogP contribution in [0.2, 0.25) is 0 Å². The van der Waals surface area contributed by atoms with Crippen LogP contribution >= 0.6 is 11.8 Å². The maximum absolute atomic E-state index is 12.6. The fourth-order valence-corrected chi connectivity index (χ4v) is 4.23. The molecular formula is C24H28N4O3S. The van der Waals surface area contributed by atoms with Crippen molar-refractivity contribution < 1.29 is 13.9 Å². The normalized spacial score (nSPS) is 13.9. The van der Waals surface area contributed by atoms with Crippen LogP contribution in [0.4, 0.5) is 5.82 Å². The fourth-order valence-electron chi connectivity index (χ4n) is 3.47. The summed E-state index contributed by atoms with van der Waals surface area (Å²) in [6.07, 6.45) is 0.835. The van der Waals surface area contributed by atoms with E-state index in [-0.39, 0.29) is 5.91 Å². The van der Waals surface area contributed by atoms with Gasteiger partial charge in [0.2, 0.25) is 0 Å². The lowest BCUT2D eigenvalue weighted by Crippen LogP contribution is -2.40. The highest BCUT2D eigenvalue weighted by atomic mass is 32.2. The molecule has 1 amide bonds. The first-order valence-electron chi connectivity index (χ1n) is 10.8. The van der Waals surface area contributed by atoms with Crippen molar-refractivity contribution in [3.8, 4) is 0 Å². The largest absolute Gasteiger partial charge is 0.455 e. The molecule has 3 aromatic rings. The second-order valence-electron chi connectivity index (χ2n) is 7.65. The lowest BCUT2D eigenvalue weighted by molar-refractivity contribution is 0.0282. The van der Waals surface area contributed by atoms with E-state index in [1.54, 1.807) is 11.0 Å². The molecule has 1 fully saturated rings. The van der Waals surface area contributed by atoms with Gasteiger partial charge in [-0.2, -0.15) is 0 Å². The number of hydrogen-bond donors (Lipinski definition) is 0. The zero-order valence-corrected chi connectivity index (χ0v) is 19.3. The molecule has 0 unspecified atom stereocenters. The lowest BCUT2D eigenvalue weighted by atomic mass is 10.2. The summed E-state index contributed by atoms with van der Waals surface area (Å²) in [6.45, 7) is 5.20. The average Bonchev–Trinajstić information content (AvgIpc) is 3.32. The number of ether oxygens (including phenoxy) is 1. The van der Waals surface area contributed by atoms with Crippen LogP contribution in [-0.4, -0.2) is 54.1 Å². The lowest BCUT2D eigenvalue weighted by Gasteiger charge is -2.25. The molecule has 32 heavy (non-hydrogen) atoms. The van der Waals surface area contributed by atoms with E-state index in [1.807, 2.05) is 37.4 Å². The Morgan fingerprint density at radius 2 is 1.91 bits per heavy atom. The van der Waals surface area contributed by atoms with Crippen molar-refractivity contribution in [2.45, 2.75) is 30.8 Å². The highest BCUT2D eigenvalue weighted by molar-refractivity contribution is 7.98. The zero-order chi connectivity index (χ0) is 22.3. The minimum Gasteiger partial charge on any atom is -0.455 e. The molecule has 168 valence electrons. The summed E-state index contributed by atoms with van der Waals surface area (Å²) in [5.74, 6) is 2.47. The van der Waals surface area contributed by atoms with Crippen molar-refractivity contribution in [2.75, 3.05) is 38.3 Å². The average molecular weight is 453 g/mol. The monoisotopic (exact) mass is 452 g/mol. The van der Waals surface area contributed by atoms with Crippen molar-refractivity contribution in [2.24, 2.45) is 0 Å². The Hall–Kier alpha value is -2.84. The van der Waals surface area contributed by atoms with Crippen LogP contribution in [0.15, 0.2) is 58.1 Å². The number of hydrogen-bond acceptors (Lipinski definition) is 7. The van der Waals surface area contributed by atoms with E-state index in [0.29, 0.717) is 43.0 Å². The predicted molar refractivity (Wildman–Crippen MR) is 125 cm³/mol. The Morgan fingerprint density at radius 3 is 2.66 bits per heavy atom. The smallest absolute Gasteiger partial charge is 0.289 e. The van der Waals surface area contributed by atoms with Crippen LogP contribution in [0, 0.1) is 0 Å². The van der Waals surface area contributed by atoms with Gasteiger partial charge in [-0.3, -0.25) is 4.79 Å². The Kier molecular flexibility index (Phi) is 7.44. The molecule has 1 aromatic carbocycles. The summed E-state index contributed by atoms with van der Waals surface area (Å²) in [4.78, 5) is 25.9. The van der Waals surface area contributed by atoms with Gasteiger partial charge in [0.05, 0.1) is 19.0 Å². The second kappa shape index (κ2) is 10.7. The molecule has 0 bridgehead atoms. The van der Waals surface area contributed by atoms with Crippen LogP contribution < -0.4 is 4.90 Å². The van der Waals surface area contributed by atoms with Crippen molar-refractivity contribution in [3.63, 3.8) is 0 Å². The molecule has 0 radical (unpaired) electrons. The molecule has 8 heteroatoms. The molecule has 1 saturated heterocycles. The Balaban J connectivity index is 1.41. The highest BCUT2D eigenvalue weighted by Gasteiger charge is 2.21. The van der Waals surface area contributed by atoms with Crippen LogP contribution in [0.25, 0.3) is 0 Å². The van der Waals surface area contributed by atoms with Gasteiger partial charge in [0.1, 0.15) is 11.6 Å². The van der Waals surface area contributed by atoms with Crippen LogP contribution in [-0.2, 0) is 23.5 Å². The summed E-state index contributed by atoms with van der Waals surface area (Å²) in [6, 6.07) is 16.0. The minimum absolute atomic E-state index is 0.0846.